The van der Waals surface area contributed by atoms with E-state index in [4.69, 9.17) is 19.3 Å². The van der Waals surface area contributed by atoms with Gasteiger partial charge in [-0.2, -0.15) is 0 Å². The number of ether oxygens (including phenoxy) is 3. The first kappa shape index (κ1) is 25.5. The number of likely N-dealkylation sites (tertiary alicyclic amines) is 1. The van der Waals surface area contributed by atoms with Gasteiger partial charge < -0.3 is 29.3 Å². The lowest BCUT2D eigenvalue weighted by Crippen LogP contribution is -2.48. The Morgan fingerprint density at radius 2 is 1.81 bits per heavy atom. The van der Waals surface area contributed by atoms with Gasteiger partial charge in [0.1, 0.15) is 30.8 Å². The van der Waals surface area contributed by atoms with Crippen molar-refractivity contribution in [2.24, 2.45) is 0 Å². The lowest BCUT2D eigenvalue weighted by Gasteiger charge is -2.39. The van der Waals surface area contributed by atoms with Crippen LogP contribution in [0.3, 0.4) is 0 Å². The average Bonchev–Trinajstić information content (AvgIpc) is 2.90. The molecule has 8 nitrogen and oxygen atoms in total. The molecular formula is C28H32N2O6. The molecule has 2 aromatic carbocycles. The molecule has 36 heavy (non-hydrogen) atoms. The van der Waals surface area contributed by atoms with Crippen molar-refractivity contribution in [2.45, 2.75) is 32.0 Å². The molecule has 3 aromatic rings. The van der Waals surface area contributed by atoms with Gasteiger partial charge in [0, 0.05) is 31.3 Å². The molecule has 0 radical (unpaired) electrons. The molecule has 0 bridgehead atoms. The highest BCUT2D eigenvalue weighted by Gasteiger charge is 2.33. The highest BCUT2D eigenvalue weighted by atomic mass is 16.5. The Hall–Kier alpha value is -3.62. The summed E-state index contributed by atoms with van der Waals surface area (Å²) in [5, 5.41) is 18.3. The predicted octanol–water partition coefficient (Wildman–Crippen LogP) is 3.20. The van der Waals surface area contributed by atoms with E-state index >= 15 is 0 Å². The first-order valence-corrected chi connectivity index (χ1v) is 12.1. The van der Waals surface area contributed by atoms with Gasteiger partial charge >= 0.3 is 0 Å². The third-order valence-electron chi connectivity index (χ3n) is 6.26. The minimum Gasteiger partial charge on any atom is -0.493 e. The number of aromatic nitrogens is 1. The zero-order valence-corrected chi connectivity index (χ0v) is 20.6. The monoisotopic (exact) mass is 492 g/mol. The van der Waals surface area contributed by atoms with E-state index in [0.29, 0.717) is 36.9 Å². The zero-order valence-electron chi connectivity index (χ0n) is 20.6. The molecule has 0 unspecified atom stereocenters. The Morgan fingerprint density at radius 3 is 2.50 bits per heavy atom. The van der Waals surface area contributed by atoms with Crippen LogP contribution in [0.15, 0.2) is 60.8 Å². The van der Waals surface area contributed by atoms with Crippen molar-refractivity contribution in [1.82, 2.24) is 9.88 Å². The summed E-state index contributed by atoms with van der Waals surface area (Å²) in [6, 6.07) is 17.4. The summed E-state index contributed by atoms with van der Waals surface area (Å²) in [4.78, 5) is 18.8. The number of aliphatic hydroxyl groups excluding tert-OH is 2. The van der Waals surface area contributed by atoms with E-state index in [1.165, 1.54) is 11.8 Å². The number of nitrogens with zero attached hydrogens (tertiary/aromatic N) is 2. The van der Waals surface area contributed by atoms with Crippen molar-refractivity contribution in [2.75, 3.05) is 33.4 Å². The first-order valence-electron chi connectivity index (χ1n) is 12.1. The number of aryl methyl sites for hydroxylation is 1. The summed E-state index contributed by atoms with van der Waals surface area (Å²) in [7, 11) is 1.62. The molecule has 0 saturated carbocycles. The van der Waals surface area contributed by atoms with Crippen LogP contribution in [0.1, 0.15) is 40.0 Å². The average molecular weight is 493 g/mol. The van der Waals surface area contributed by atoms with Crippen LogP contribution < -0.4 is 14.2 Å². The fourth-order valence-electron chi connectivity index (χ4n) is 3.97. The van der Waals surface area contributed by atoms with Crippen LogP contribution in [0.5, 0.6) is 17.2 Å². The molecule has 1 aliphatic heterocycles. The highest BCUT2D eigenvalue weighted by molar-refractivity contribution is 5.93. The molecule has 1 fully saturated rings. The van der Waals surface area contributed by atoms with Crippen LogP contribution in [0, 0.1) is 0 Å². The molecule has 0 spiro atoms. The second kappa shape index (κ2) is 11.9. The maximum Gasteiger partial charge on any atom is 0.272 e. The van der Waals surface area contributed by atoms with Gasteiger partial charge in [-0.3, -0.25) is 9.78 Å². The van der Waals surface area contributed by atoms with Crippen LogP contribution in [-0.2, 0) is 13.0 Å². The summed E-state index contributed by atoms with van der Waals surface area (Å²) in [6.07, 6.45) is 1.52. The van der Waals surface area contributed by atoms with Gasteiger partial charge in [-0.1, -0.05) is 37.3 Å². The third-order valence-corrected chi connectivity index (χ3v) is 6.26. The Bertz CT molecular complexity index is 1160. The lowest BCUT2D eigenvalue weighted by molar-refractivity contribution is 0.0532. The minimum absolute atomic E-state index is 0.0629. The number of carbonyl (C=O) groups excluding carboxylic acids is 1. The number of hydrogen-bond acceptors (Lipinski definition) is 7. The van der Waals surface area contributed by atoms with Gasteiger partial charge in [0.05, 0.1) is 13.7 Å². The number of carbonyl (C=O) groups is 1. The van der Waals surface area contributed by atoms with Crippen molar-refractivity contribution in [3.8, 4) is 17.2 Å². The maximum atomic E-state index is 12.9. The molecule has 1 atom stereocenters. The quantitative estimate of drug-likeness (QED) is 0.424. The normalized spacial score (nSPS) is 14.2. The number of hydrogen-bond donors (Lipinski definition) is 2. The Kier molecular flexibility index (Phi) is 8.40. The van der Waals surface area contributed by atoms with Crippen LogP contribution in [-0.4, -0.2) is 65.5 Å². The topological polar surface area (TPSA) is 101 Å². The van der Waals surface area contributed by atoms with E-state index in [0.717, 1.165) is 17.5 Å². The van der Waals surface area contributed by atoms with Crippen LogP contribution in [0.2, 0.25) is 0 Å². The largest absolute Gasteiger partial charge is 0.493 e. The number of rotatable bonds is 11. The van der Waals surface area contributed by atoms with E-state index in [1.54, 1.807) is 24.1 Å². The summed E-state index contributed by atoms with van der Waals surface area (Å²) < 4.78 is 17.0. The molecule has 1 saturated heterocycles. The van der Waals surface area contributed by atoms with Gasteiger partial charge in [-0.05, 0) is 41.3 Å². The van der Waals surface area contributed by atoms with Crippen molar-refractivity contribution in [3.05, 3.63) is 83.2 Å². The summed E-state index contributed by atoms with van der Waals surface area (Å²) in [5.41, 5.74) is 3.75. The van der Waals surface area contributed by atoms with Crippen LogP contribution >= 0.6 is 0 Å². The Labute approximate surface area is 211 Å². The summed E-state index contributed by atoms with van der Waals surface area (Å²) in [6.45, 7) is 3.28. The Balaban J connectivity index is 1.33. The minimum atomic E-state index is -0.977. The second-order valence-corrected chi connectivity index (χ2v) is 8.80. The first-order chi connectivity index (χ1) is 17.5. The van der Waals surface area contributed by atoms with E-state index in [9.17, 15) is 9.90 Å². The molecule has 0 aliphatic carbocycles. The molecule has 1 amide bonds. The Morgan fingerprint density at radius 1 is 1.06 bits per heavy atom. The van der Waals surface area contributed by atoms with Gasteiger partial charge in [0.25, 0.3) is 5.91 Å². The molecule has 1 aromatic heterocycles. The smallest absolute Gasteiger partial charge is 0.272 e. The van der Waals surface area contributed by atoms with Gasteiger partial charge in [-0.15, -0.1) is 0 Å². The summed E-state index contributed by atoms with van der Waals surface area (Å²) in [5.74, 6) is 1.78. The summed E-state index contributed by atoms with van der Waals surface area (Å²) >= 11 is 0. The molecule has 2 N–H and O–H groups in total. The van der Waals surface area contributed by atoms with Crippen molar-refractivity contribution in [3.63, 3.8) is 0 Å². The van der Waals surface area contributed by atoms with Gasteiger partial charge in [0.15, 0.2) is 11.5 Å². The predicted molar refractivity (Wildman–Crippen MR) is 135 cm³/mol. The lowest BCUT2D eigenvalue weighted by atomic mass is 9.91. The second-order valence-electron chi connectivity index (χ2n) is 8.80. The number of pyridine rings is 1. The standard InChI is InChI=1S/C28H32N2O6/c1-3-19-4-6-20(7-5-19)17-36-26-9-8-21(12-27(26)34-2)22-14-30(15-22)28(33)25-13-24(10-11-29-25)35-18-23(32)16-31/h4-13,22-23,31-32H,3,14-18H2,1-2H3/t23-/m0/s1. The fraction of sp³-hybridized carbons (Fsp3) is 0.357. The fourth-order valence-corrected chi connectivity index (χ4v) is 3.97. The molecular weight excluding hydrogens is 460 g/mol. The van der Waals surface area contributed by atoms with Gasteiger partial charge in [0.2, 0.25) is 0 Å². The highest BCUT2D eigenvalue weighted by Crippen LogP contribution is 2.35. The van der Waals surface area contributed by atoms with E-state index in [1.807, 2.05) is 18.2 Å². The number of methoxy groups -OCH3 is 1. The third kappa shape index (κ3) is 6.13. The van der Waals surface area contributed by atoms with Gasteiger partial charge in [-0.25, -0.2) is 0 Å². The molecule has 8 heteroatoms. The van der Waals surface area contributed by atoms with E-state index in [2.05, 4.69) is 36.2 Å². The molecule has 4 rings (SSSR count). The SMILES string of the molecule is CCc1ccc(COc2ccc(C3CN(C(=O)c4cc(OC[C@@H](O)CO)ccn4)C3)cc2OC)cc1. The van der Waals surface area contributed by atoms with E-state index in [-0.39, 0.29) is 24.1 Å². The van der Waals surface area contributed by atoms with Crippen molar-refractivity contribution >= 4 is 5.91 Å². The number of benzene rings is 2. The van der Waals surface area contributed by atoms with Crippen LogP contribution in [0.25, 0.3) is 0 Å². The molecule has 190 valence electrons. The number of aliphatic hydroxyl groups is 2. The van der Waals surface area contributed by atoms with Crippen LogP contribution in [0.4, 0.5) is 0 Å². The molecule has 2 heterocycles. The maximum absolute atomic E-state index is 12.9. The molecule has 1 aliphatic rings. The number of amides is 1. The van der Waals surface area contributed by atoms with Crippen molar-refractivity contribution in [1.29, 1.82) is 0 Å². The van der Waals surface area contributed by atoms with Crippen molar-refractivity contribution < 1.29 is 29.2 Å². The zero-order chi connectivity index (χ0) is 25.5. The van der Waals surface area contributed by atoms with E-state index < -0.39 is 12.7 Å².